The standard InChI is InChI=1S/C16H32N2/c1-3-14-10-6-5-9-13-18(14)16-12-8-4-7-11-15(16)17-2/h14-17H,3-13H2,1-2H3. The molecule has 0 spiro atoms. The second-order valence-corrected chi connectivity index (χ2v) is 6.25. The Morgan fingerprint density at radius 3 is 2.44 bits per heavy atom. The van der Waals surface area contributed by atoms with E-state index in [0.29, 0.717) is 0 Å². The zero-order valence-electron chi connectivity index (χ0n) is 12.5. The second kappa shape index (κ2) is 7.49. The zero-order valence-corrected chi connectivity index (χ0v) is 12.5. The van der Waals surface area contributed by atoms with E-state index in [1.54, 1.807) is 0 Å². The summed E-state index contributed by atoms with van der Waals surface area (Å²) in [6.07, 6.45) is 14.2. The van der Waals surface area contributed by atoms with E-state index in [-0.39, 0.29) is 0 Å². The minimum Gasteiger partial charge on any atom is -0.315 e. The van der Waals surface area contributed by atoms with Gasteiger partial charge in [-0.1, -0.05) is 39.0 Å². The average Bonchev–Trinajstić information content (AvgIpc) is 2.77. The summed E-state index contributed by atoms with van der Waals surface area (Å²) in [5.74, 6) is 0. The Labute approximate surface area is 114 Å². The van der Waals surface area contributed by atoms with Crippen LogP contribution in [0.15, 0.2) is 0 Å². The SMILES string of the molecule is CCC1CCCCCN1C1CCCCCC1NC. The van der Waals surface area contributed by atoms with Gasteiger partial charge in [-0.05, 0) is 45.7 Å². The van der Waals surface area contributed by atoms with Crippen LogP contribution in [-0.2, 0) is 0 Å². The normalized spacial score (nSPS) is 36.0. The molecule has 18 heavy (non-hydrogen) atoms. The third kappa shape index (κ3) is 3.48. The zero-order chi connectivity index (χ0) is 12.8. The van der Waals surface area contributed by atoms with Crippen LogP contribution in [-0.4, -0.2) is 36.6 Å². The minimum absolute atomic E-state index is 0.736. The van der Waals surface area contributed by atoms with E-state index < -0.39 is 0 Å². The van der Waals surface area contributed by atoms with Gasteiger partial charge in [-0.25, -0.2) is 0 Å². The maximum atomic E-state index is 3.61. The lowest BCUT2D eigenvalue weighted by atomic mass is 9.97. The first kappa shape index (κ1) is 14.3. The first-order chi connectivity index (χ1) is 8.86. The van der Waals surface area contributed by atoms with Crippen molar-refractivity contribution in [2.75, 3.05) is 13.6 Å². The summed E-state index contributed by atoms with van der Waals surface area (Å²) in [5, 5.41) is 3.61. The summed E-state index contributed by atoms with van der Waals surface area (Å²) in [5.41, 5.74) is 0. The number of hydrogen-bond acceptors (Lipinski definition) is 2. The molecule has 3 unspecified atom stereocenters. The summed E-state index contributed by atoms with van der Waals surface area (Å²) < 4.78 is 0. The molecule has 1 aliphatic carbocycles. The summed E-state index contributed by atoms with van der Waals surface area (Å²) in [6, 6.07) is 2.40. The second-order valence-electron chi connectivity index (χ2n) is 6.25. The van der Waals surface area contributed by atoms with E-state index in [0.717, 1.165) is 18.1 Å². The molecule has 1 saturated heterocycles. The third-order valence-corrected chi connectivity index (χ3v) is 5.17. The molecule has 2 aliphatic rings. The molecule has 1 N–H and O–H groups in total. The van der Waals surface area contributed by atoms with Crippen LogP contribution in [0.2, 0.25) is 0 Å². The van der Waals surface area contributed by atoms with Gasteiger partial charge in [-0.2, -0.15) is 0 Å². The monoisotopic (exact) mass is 252 g/mol. The van der Waals surface area contributed by atoms with E-state index in [1.807, 2.05) is 0 Å². The number of nitrogens with one attached hydrogen (secondary N) is 1. The van der Waals surface area contributed by atoms with Crippen molar-refractivity contribution in [1.82, 2.24) is 10.2 Å². The Morgan fingerprint density at radius 1 is 0.944 bits per heavy atom. The molecule has 0 aromatic carbocycles. The van der Waals surface area contributed by atoms with Gasteiger partial charge in [0.1, 0.15) is 0 Å². The molecule has 106 valence electrons. The highest BCUT2D eigenvalue weighted by Gasteiger charge is 2.32. The van der Waals surface area contributed by atoms with Crippen LogP contribution < -0.4 is 5.32 Å². The minimum atomic E-state index is 0.736. The molecule has 0 radical (unpaired) electrons. The van der Waals surface area contributed by atoms with Gasteiger partial charge < -0.3 is 5.32 Å². The van der Waals surface area contributed by atoms with Crippen LogP contribution in [0, 0.1) is 0 Å². The topological polar surface area (TPSA) is 15.3 Å². The Hall–Kier alpha value is -0.0800. The molecular formula is C16H32N2. The lowest BCUT2D eigenvalue weighted by molar-refractivity contribution is 0.0996. The van der Waals surface area contributed by atoms with Crippen molar-refractivity contribution in [3.8, 4) is 0 Å². The number of rotatable bonds is 3. The molecule has 2 fully saturated rings. The highest BCUT2D eigenvalue weighted by Crippen LogP contribution is 2.28. The Bertz CT molecular complexity index is 205. The fourth-order valence-corrected chi connectivity index (χ4v) is 4.10. The van der Waals surface area contributed by atoms with Crippen molar-refractivity contribution >= 4 is 0 Å². The summed E-state index contributed by atoms with van der Waals surface area (Å²) >= 11 is 0. The number of likely N-dealkylation sites (tertiary alicyclic amines) is 1. The van der Waals surface area contributed by atoms with Crippen LogP contribution in [0.3, 0.4) is 0 Å². The molecule has 1 aliphatic heterocycles. The number of likely N-dealkylation sites (N-methyl/N-ethyl adjacent to an activating group) is 1. The largest absolute Gasteiger partial charge is 0.315 e. The van der Waals surface area contributed by atoms with E-state index >= 15 is 0 Å². The van der Waals surface area contributed by atoms with Crippen LogP contribution in [0.4, 0.5) is 0 Å². The van der Waals surface area contributed by atoms with E-state index in [9.17, 15) is 0 Å². The van der Waals surface area contributed by atoms with E-state index in [4.69, 9.17) is 0 Å². The molecule has 0 aromatic heterocycles. The maximum absolute atomic E-state index is 3.61. The molecule has 1 heterocycles. The molecular weight excluding hydrogens is 220 g/mol. The molecule has 1 saturated carbocycles. The molecule has 3 atom stereocenters. The average molecular weight is 252 g/mol. The molecule has 0 aromatic rings. The van der Waals surface area contributed by atoms with E-state index in [1.165, 1.54) is 70.8 Å². The summed E-state index contributed by atoms with van der Waals surface area (Å²) in [4.78, 5) is 2.89. The van der Waals surface area contributed by atoms with E-state index in [2.05, 4.69) is 24.2 Å². The summed E-state index contributed by atoms with van der Waals surface area (Å²) in [6.45, 7) is 3.73. The van der Waals surface area contributed by atoms with Crippen LogP contribution >= 0.6 is 0 Å². The maximum Gasteiger partial charge on any atom is 0.0252 e. The highest BCUT2D eigenvalue weighted by molar-refractivity contribution is 4.90. The Kier molecular flexibility index (Phi) is 5.97. The fraction of sp³-hybridized carbons (Fsp3) is 1.00. The third-order valence-electron chi connectivity index (χ3n) is 5.17. The van der Waals surface area contributed by atoms with Crippen molar-refractivity contribution in [2.24, 2.45) is 0 Å². The van der Waals surface area contributed by atoms with Gasteiger partial charge in [0, 0.05) is 18.1 Å². The van der Waals surface area contributed by atoms with Crippen molar-refractivity contribution in [3.05, 3.63) is 0 Å². The molecule has 0 bridgehead atoms. The summed E-state index contributed by atoms with van der Waals surface area (Å²) in [7, 11) is 2.17. The van der Waals surface area contributed by atoms with Crippen LogP contribution in [0.5, 0.6) is 0 Å². The van der Waals surface area contributed by atoms with Crippen LogP contribution in [0.25, 0.3) is 0 Å². The predicted octanol–water partition coefficient (Wildman–Crippen LogP) is 3.56. The van der Waals surface area contributed by atoms with Crippen LogP contribution in [0.1, 0.15) is 71.1 Å². The Morgan fingerprint density at radius 2 is 1.67 bits per heavy atom. The lowest BCUT2D eigenvalue weighted by Gasteiger charge is -2.40. The highest BCUT2D eigenvalue weighted by atomic mass is 15.2. The fourth-order valence-electron chi connectivity index (χ4n) is 4.10. The predicted molar refractivity (Wildman–Crippen MR) is 79.0 cm³/mol. The van der Waals surface area contributed by atoms with Gasteiger partial charge in [0.05, 0.1) is 0 Å². The Balaban J connectivity index is 2.07. The molecule has 0 amide bonds. The lowest BCUT2D eigenvalue weighted by Crippen LogP contribution is -2.52. The molecule has 2 nitrogen and oxygen atoms in total. The van der Waals surface area contributed by atoms with Gasteiger partial charge in [0.2, 0.25) is 0 Å². The smallest absolute Gasteiger partial charge is 0.0252 e. The van der Waals surface area contributed by atoms with Gasteiger partial charge in [-0.3, -0.25) is 4.90 Å². The first-order valence-electron chi connectivity index (χ1n) is 8.29. The molecule has 2 rings (SSSR count). The van der Waals surface area contributed by atoms with Gasteiger partial charge in [-0.15, -0.1) is 0 Å². The van der Waals surface area contributed by atoms with Gasteiger partial charge >= 0.3 is 0 Å². The quantitative estimate of drug-likeness (QED) is 0.773. The number of hydrogen-bond donors (Lipinski definition) is 1. The van der Waals surface area contributed by atoms with Crippen molar-refractivity contribution in [2.45, 2.75) is 89.3 Å². The molecule has 2 heteroatoms. The first-order valence-corrected chi connectivity index (χ1v) is 8.29. The van der Waals surface area contributed by atoms with Crippen molar-refractivity contribution < 1.29 is 0 Å². The van der Waals surface area contributed by atoms with Gasteiger partial charge in [0.15, 0.2) is 0 Å². The van der Waals surface area contributed by atoms with Crippen molar-refractivity contribution in [1.29, 1.82) is 0 Å². The van der Waals surface area contributed by atoms with Gasteiger partial charge in [0.25, 0.3) is 0 Å². The number of nitrogens with zero attached hydrogens (tertiary/aromatic N) is 1. The van der Waals surface area contributed by atoms with Crippen molar-refractivity contribution in [3.63, 3.8) is 0 Å².